The summed E-state index contributed by atoms with van der Waals surface area (Å²) in [6.07, 6.45) is 3.50. The van der Waals surface area contributed by atoms with Crippen LogP contribution in [-0.2, 0) is 20.8 Å². The smallest absolute Gasteiger partial charge is 0.308 e. The third kappa shape index (κ3) is 7.20. The molecule has 0 unspecified atom stereocenters. The van der Waals surface area contributed by atoms with Gasteiger partial charge in [-0.2, -0.15) is 0 Å². The average Bonchev–Trinajstić information content (AvgIpc) is 3.72. The van der Waals surface area contributed by atoms with E-state index in [1.165, 1.54) is 0 Å². The van der Waals surface area contributed by atoms with Crippen molar-refractivity contribution in [3.05, 3.63) is 47.5 Å². The first-order valence-corrected chi connectivity index (χ1v) is 16.0. The summed E-state index contributed by atoms with van der Waals surface area (Å²) in [5.41, 5.74) is 2.61. The number of rotatable bonds is 15. The van der Waals surface area contributed by atoms with E-state index in [-0.39, 0.29) is 25.2 Å². The number of para-hydroxylation sites is 1. The number of carboxylic acids is 1. The molecule has 0 bridgehead atoms. The number of anilines is 1. The molecule has 0 aliphatic carbocycles. The second-order valence-corrected chi connectivity index (χ2v) is 12.5. The SMILES string of the molecule is CCCCN(CCCN(C)C)C(=O)CN1C[C@H](c2cc(OC)c3c(c2)OCO3)[C@@H](C(=O)O)[C@@H]1CCN1C(=O)Cc2ccccc21. The highest BCUT2D eigenvalue weighted by atomic mass is 16.7. The van der Waals surface area contributed by atoms with Gasteiger partial charge in [0.15, 0.2) is 11.5 Å². The number of ether oxygens (including phenoxy) is 3. The largest absolute Gasteiger partial charge is 0.493 e. The van der Waals surface area contributed by atoms with Gasteiger partial charge >= 0.3 is 5.97 Å². The van der Waals surface area contributed by atoms with E-state index < -0.39 is 23.8 Å². The number of amides is 2. The van der Waals surface area contributed by atoms with Crippen LogP contribution in [0, 0.1) is 5.92 Å². The lowest BCUT2D eigenvalue weighted by Gasteiger charge is -2.31. The van der Waals surface area contributed by atoms with Crippen LogP contribution in [0.25, 0.3) is 0 Å². The van der Waals surface area contributed by atoms with E-state index >= 15 is 0 Å². The van der Waals surface area contributed by atoms with Crippen LogP contribution in [0.2, 0.25) is 0 Å². The highest BCUT2D eigenvalue weighted by Gasteiger charge is 2.48. The molecule has 2 amide bonds. The van der Waals surface area contributed by atoms with E-state index in [4.69, 9.17) is 14.2 Å². The Morgan fingerprint density at radius 3 is 2.60 bits per heavy atom. The number of benzene rings is 2. The van der Waals surface area contributed by atoms with Gasteiger partial charge in [-0.1, -0.05) is 31.5 Å². The topological polar surface area (TPSA) is 112 Å². The van der Waals surface area contributed by atoms with E-state index in [2.05, 4.69) is 11.8 Å². The molecular formula is C34H46N4O7. The summed E-state index contributed by atoms with van der Waals surface area (Å²) in [7, 11) is 5.59. The molecule has 3 heterocycles. The number of fused-ring (bicyclic) bond motifs is 2. The maximum atomic E-state index is 13.9. The molecule has 0 spiro atoms. The van der Waals surface area contributed by atoms with Crippen LogP contribution in [0.4, 0.5) is 5.69 Å². The zero-order valence-electron chi connectivity index (χ0n) is 26.9. The van der Waals surface area contributed by atoms with Crippen LogP contribution in [0.1, 0.15) is 49.7 Å². The van der Waals surface area contributed by atoms with Gasteiger partial charge in [-0.3, -0.25) is 19.3 Å². The van der Waals surface area contributed by atoms with Gasteiger partial charge in [0, 0.05) is 43.8 Å². The maximum absolute atomic E-state index is 13.9. The van der Waals surface area contributed by atoms with E-state index in [0.29, 0.717) is 56.3 Å². The molecule has 1 N–H and O–H groups in total. The Morgan fingerprint density at radius 1 is 1.09 bits per heavy atom. The number of likely N-dealkylation sites (tertiary alicyclic amines) is 1. The van der Waals surface area contributed by atoms with Crippen molar-refractivity contribution in [2.75, 3.05) is 72.2 Å². The first kappa shape index (κ1) is 32.6. The zero-order valence-corrected chi connectivity index (χ0v) is 26.9. The van der Waals surface area contributed by atoms with Gasteiger partial charge < -0.3 is 34.0 Å². The minimum atomic E-state index is -0.932. The number of hydrogen-bond donors (Lipinski definition) is 1. The van der Waals surface area contributed by atoms with Gasteiger partial charge in [0.2, 0.25) is 24.4 Å². The fraction of sp³-hybridized carbons (Fsp3) is 0.559. The van der Waals surface area contributed by atoms with Crippen LogP contribution in [0.15, 0.2) is 36.4 Å². The molecule has 3 atom stereocenters. The van der Waals surface area contributed by atoms with Gasteiger partial charge in [-0.25, -0.2) is 0 Å². The Kier molecular flexibility index (Phi) is 10.5. The molecule has 45 heavy (non-hydrogen) atoms. The number of nitrogens with zero attached hydrogens (tertiary/aromatic N) is 4. The van der Waals surface area contributed by atoms with Crippen LogP contribution < -0.4 is 19.1 Å². The number of methoxy groups -OCH3 is 1. The standard InChI is InChI=1S/C34H46N4O7/c1-5-6-14-36(15-9-13-35(2)3)31(40)21-37-20-25(24-17-28(43-4)33-29(18-24)44-22-45-33)32(34(41)42)27(37)12-16-38-26-11-8-7-10-23(26)19-30(38)39/h7-8,10-11,17-18,25,27,32H,5-6,9,12-16,19-22H2,1-4H3,(H,41,42)/t25-,27+,32-/m1/s1. The first-order chi connectivity index (χ1) is 21.7. The number of carbonyl (C=O) groups is 3. The Bertz CT molecular complexity index is 1380. The summed E-state index contributed by atoms with van der Waals surface area (Å²) in [6, 6.07) is 10.9. The third-order valence-electron chi connectivity index (χ3n) is 9.22. The van der Waals surface area contributed by atoms with E-state index in [9.17, 15) is 19.5 Å². The Balaban J connectivity index is 1.43. The van der Waals surface area contributed by atoms with Crippen molar-refractivity contribution >= 4 is 23.5 Å². The number of carboxylic acid groups (broad SMARTS) is 1. The van der Waals surface area contributed by atoms with Gasteiger partial charge in [0.05, 0.1) is 26.0 Å². The highest BCUT2D eigenvalue weighted by molar-refractivity contribution is 6.01. The molecule has 0 saturated carbocycles. The lowest BCUT2D eigenvalue weighted by Crippen LogP contribution is -2.46. The molecule has 2 aromatic rings. The predicted octanol–water partition coefficient (Wildman–Crippen LogP) is 3.45. The Morgan fingerprint density at radius 2 is 1.87 bits per heavy atom. The lowest BCUT2D eigenvalue weighted by molar-refractivity contribution is -0.143. The van der Waals surface area contributed by atoms with Crippen molar-refractivity contribution in [1.29, 1.82) is 0 Å². The first-order valence-electron chi connectivity index (χ1n) is 16.0. The van der Waals surface area contributed by atoms with E-state index in [1.807, 2.05) is 60.3 Å². The van der Waals surface area contributed by atoms with Crippen LogP contribution in [0.5, 0.6) is 17.2 Å². The van der Waals surface area contributed by atoms with E-state index in [0.717, 1.165) is 42.6 Å². The van der Waals surface area contributed by atoms with Crippen LogP contribution >= 0.6 is 0 Å². The van der Waals surface area contributed by atoms with Crippen LogP contribution in [0.3, 0.4) is 0 Å². The molecular weight excluding hydrogens is 576 g/mol. The van der Waals surface area contributed by atoms with Gasteiger partial charge in [0.1, 0.15) is 0 Å². The van der Waals surface area contributed by atoms with E-state index in [1.54, 1.807) is 12.0 Å². The summed E-state index contributed by atoms with van der Waals surface area (Å²) < 4.78 is 16.8. The number of carbonyl (C=O) groups excluding carboxylic acids is 2. The predicted molar refractivity (Wildman–Crippen MR) is 170 cm³/mol. The minimum Gasteiger partial charge on any atom is -0.493 e. The Hall–Kier alpha value is -3.83. The van der Waals surface area contributed by atoms with Crippen molar-refractivity contribution in [2.24, 2.45) is 5.92 Å². The molecule has 244 valence electrons. The van der Waals surface area contributed by atoms with Crippen molar-refractivity contribution in [3.63, 3.8) is 0 Å². The summed E-state index contributed by atoms with van der Waals surface area (Å²) in [5.74, 6) is -0.651. The minimum absolute atomic E-state index is 0.00265. The fourth-order valence-electron chi connectivity index (χ4n) is 6.94. The molecule has 3 aliphatic rings. The van der Waals surface area contributed by atoms with Gasteiger partial charge in [-0.05, 0) is 69.2 Å². The highest BCUT2D eigenvalue weighted by Crippen LogP contribution is 2.47. The molecule has 11 nitrogen and oxygen atoms in total. The molecule has 1 saturated heterocycles. The third-order valence-corrected chi connectivity index (χ3v) is 9.22. The summed E-state index contributed by atoms with van der Waals surface area (Å²) in [4.78, 5) is 47.8. The summed E-state index contributed by atoms with van der Waals surface area (Å²) in [5, 5.41) is 10.7. The van der Waals surface area contributed by atoms with Gasteiger partial charge in [-0.15, -0.1) is 0 Å². The van der Waals surface area contributed by atoms with Crippen LogP contribution in [-0.4, -0.2) is 111 Å². The molecule has 11 heteroatoms. The monoisotopic (exact) mass is 622 g/mol. The Labute approximate surface area is 265 Å². The molecule has 5 rings (SSSR count). The number of aliphatic carboxylic acids is 1. The average molecular weight is 623 g/mol. The number of unbranched alkanes of at least 4 members (excludes halogenated alkanes) is 1. The zero-order chi connectivity index (χ0) is 32.1. The molecule has 3 aliphatic heterocycles. The fourth-order valence-corrected chi connectivity index (χ4v) is 6.94. The second-order valence-electron chi connectivity index (χ2n) is 12.5. The quantitative estimate of drug-likeness (QED) is 0.319. The molecule has 2 aromatic carbocycles. The molecule has 1 fully saturated rings. The second kappa shape index (κ2) is 14.5. The van der Waals surface area contributed by atoms with Gasteiger partial charge in [0.25, 0.3) is 0 Å². The lowest BCUT2D eigenvalue weighted by atomic mass is 9.84. The summed E-state index contributed by atoms with van der Waals surface area (Å²) in [6.45, 7) is 5.24. The number of hydrogen-bond acceptors (Lipinski definition) is 8. The summed E-state index contributed by atoms with van der Waals surface area (Å²) >= 11 is 0. The molecule has 0 aromatic heterocycles. The molecule has 0 radical (unpaired) electrons. The van der Waals surface area contributed by atoms with Crippen molar-refractivity contribution < 1.29 is 33.7 Å². The van der Waals surface area contributed by atoms with Crippen molar-refractivity contribution in [2.45, 2.75) is 51.0 Å². The normalized spacial score (nSPS) is 20.6. The maximum Gasteiger partial charge on any atom is 0.308 e. The van der Waals surface area contributed by atoms with Crippen molar-refractivity contribution in [3.8, 4) is 17.2 Å². The van der Waals surface area contributed by atoms with Crippen molar-refractivity contribution in [1.82, 2.24) is 14.7 Å².